The lowest BCUT2D eigenvalue weighted by molar-refractivity contribution is -0.118. The third kappa shape index (κ3) is 3.21. The van der Waals surface area contributed by atoms with Crippen LogP contribution < -0.4 is 10.3 Å². The van der Waals surface area contributed by atoms with Gasteiger partial charge in [0.1, 0.15) is 0 Å². The second kappa shape index (κ2) is 5.68. The Hall–Kier alpha value is -1.55. The molecule has 0 saturated heterocycles. The molecule has 0 aromatic heterocycles. The number of benzene rings is 1. The van der Waals surface area contributed by atoms with Gasteiger partial charge >= 0.3 is 0 Å². The van der Waals surface area contributed by atoms with Crippen molar-refractivity contribution in [1.29, 1.82) is 0 Å². The minimum Gasteiger partial charge on any atom is -0.369 e. The van der Waals surface area contributed by atoms with Crippen LogP contribution in [0.25, 0.3) is 0 Å². The van der Waals surface area contributed by atoms with Gasteiger partial charge in [0, 0.05) is 30.8 Å². The van der Waals surface area contributed by atoms with Gasteiger partial charge < -0.3 is 4.90 Å². The van der Waals surface area contributed by atoms with Gasteiger partial charge in [0.15, 0.2) is 0 Å². The van der Waals surface area contributed by atoms with Crippen molar-refractivity contribution in [3.63, 3.8) is 0 Å². The van der Waals surface area contributed by atoms with Crippen LogP contribution in [0.3, 0.4) is 0 Å². The van der Waals surface area contributed by atoms with Gasteiger partial charge in [-0.05, 0) is 43.9 Å². The topological polar surface area (TPSA) is 44.7 Å². The summed E-state index contributed by atoms with van der Waals surface area (Å²) in [4.78, 5) is 13.1. The minimum absolute atomic E-state index is 0.113. The van der Waals surface area contributed by atoms with Crippen LogP contribution in [0.15, 0.2) is 17.2 Å². The summed E-state index contributed by atoms with van der Waals surface area (Å²) in [5, 5.41) is 4.54. The van der Waals surface area contributed by atoms with E-state index in [0.717, 1.165) is 12.0 Å². The molecule has 21 heavy (non-hydrogen) atoms. The molecule has 1 aromatic carbocycles. The first-order valence-corrected chi connectivity index (χ1v) is 7.47. The Morgan fingerprint density at radius 3 is 2.81 bits per heavy atom. The molecule has 1 N–H and O–H groups in total. The van der Waals surface area contributed by atoms with Crippen LogP contribution in [0.1, 0.15) is 51.2 Å². The Bertz CT molecular complexity index is 595. The van der Waals surface area contributed by atoms with E-state index in [2.05, 4.69) is 49.3 Å². The molecular weight excluding hydrogens is 286 g/mol. The Kier molecular flexibility index (Phi) is 4.28. The maximum Gasteiger partial charge on any atom is 0.236 e. The van der Waals surface area contributed by atoms with E-state index in [1.807, 2.05) is 6.07 Å². The standard InChI is InChI=1S/C16H22ClN3O/c1-10-8-16(3,4)20(5)15-7-14(17)12(6-13(10)15)9-18-19-11(2)21/h6-7,9-10H,8H2,1-5H3,(H,19,21)/b18-9-/t10-/m1/s1. The van der Waals surface area contributed by atoms with E-state index in [4.69, 9.17) is 11.6 Å². The number of nitrogens with zero attached hydrogens (tertiary/aromatic N) is 2. The van der Waals surface area contributed by atoms with Gasteiger partial charge in [0.25, 0.3) is 0 Å². The average Bonchev–Trinajstić information content (AvgIpc) is 2.36. The molecule has 0 aliphatic carbocycles. The van der Waals surface area contributed by atoms with Crippen molar-refractivity contribution < 1.29 is 4.79 Å². The summed E-state index contributed by atoms with van der Waals surface area (Å²) in [6, 6.07) is 4.06. The number of hydrogen-bond acceptors (Lipinski definition) is 3. The van der Waals surface area contributed by atoms with Gasteiger partial charge in [0.05, 0.1) is 11.2 Å². The number of carbonyl (C=O) groups excluding carboxylic acids is 1. The summed E-state index contributed by atoms with van der Waals surface area (Å²) in [5.74, 6) is 0.256. The van der Waals surface area contributed by atoms with Gasteiger partial charge in [-0.3, -0.25) is 4.79 Å². The van der Waals surface area contributed by atoms with Crippen LogP contribution in [0, 0.1) is 0 Å². The number of amides is 1. The predicted octanol–water partition coefficient (Wildman–Crippen LogP) is 3.53. The molecule has 0 unspecified atom stereocenters. The van der Waals surface area contributed by atoms with Gasteiger partial charge in [-0.1, -0.05) is 18.5 Å². The van der Waals surface area contributed by atoms with Gasteiger partial charge in [-0.25, -0.2) is 5.43 Å². The molecule has 2 rings (SSSR count). The Morgan fingerprint density at radius 2 is 2.19 bits per heavy atom. The highest BCUT2D eigenvalue weighted by Crippen LogP contribution is 2.43. The number of anilines is 1. The average molecular weight is 308 g/mol. The van der Waals surface area contributed by atoms with Crippen molar-refractivity contribution in [3.8, 4) is 0 Å². The molecule has 1 atom stereocenters. The van der Waals surface area contributed by atoms with E-state index < -0.39 is 0 Å². The molecule has 5 heteroatoms. The molecule has 1 amide bonds. The first-order valence-electron chi connectivity index (χ1n) is 7.09. The van der Waals surface area contributed by atoms with E-state index in [1.54, 1.807) is 6.21 Å². The van der Waals surface area contributed by atoms with Crippen LogP contribution >= 0.6 is 11.6 Å². The van der Waals surface area contributed by atoms with Crippen molar-refractivity contribution in [2.75, 3.05) is 11.9 Å². The molecule has 0 saturated carbocycles. The number of rotatable bonds is 2. The van der Waals surface area contributed by atoms with Crippen molar-refractivity contribution in [3.05, 3.63) is 28.3 Å². The molecule has 1 aliphatic rings. The third-order valence-electron chi connectivity index (χ3n) is 4.18. The van der Waals surface area contributed by atoms with E-state index >= 15 is 0 Å². The lowest BCUT2D eigenvalue weighted by Crippen LogP contribution is -2.45. The first-order chi connectivity index (χ1) is 9.72. The zero-order valence-electron chi connectivity index (χ0n) is 13.2. The quantitative estimate of drug-likeness (QED) is 0.671. The van der Waals surface area contributed by atoms with Crippen LogP contribution in [0.2, 0.25) is 5.02 Å². The van der Waals surface area contributed by atoms with Gasteiger partial charge in [0.2, 0.25) is 5.91 Å². The number of hydrogen-bond donors (Lipinski definition) is 1. The summed E-state index contributed by atoms with van der Waals surface area (Å²) in [7, 11) is 2.10. The second-order valence-corrected chi connectivity index (χ2v) is 6.74. The minimum atomic E-state index is -0.199. The fourth-order valence-corrected chi connectivity index (χ4v) is 3.10. The molecule has 1 heterocycles. The lowest BCUT2D eigenvalue weighted by Gasteiger charge is -2.45. The second-order valence-electron chi connectivity index (χ2n) is 6.34. The van der Waals surface area contributed by atoms with Crippen LogP contribution in [-0.2, 0) is 4.79 Å². The highest BCUT2D eigenvalue weighted by molar-refractivity contribution is 6.33. The van der Waals surface area contributed by atoms with E-state index in [9.17, 15) is 4.79 Å². The number of nitrogens with one attached hydrogen (secondary N) is 1. The molecule has 1 aliphatic heterocycles. The van der Waals surface area contributed by atoms with Crippen molar-refractivity contribution >= 4 is 29.4 Å². The van der Waals surface area contributed by atoms with Gasteiger partial charge in [-0.2, -0.15) is 5.10 Å². The maximum absolute atomic E-state index is 10.9. The number of fused-ring (bicyclic) bond motifs is 1. The summed E-state index contributed by atoms with van der Waals surface area (Å²) in [6.45, 7) is 8.14. The highest BCUT2D eigenvalue weighted by Gasteiger charge is 2.34. The van der Waals surface area contributed by atoms with Crippen molar-refractivity contribution in [2.45, 2.75) is 45.6 Å². The Balaban J connectivity index is 2.41. The highest BCUT2D eigenvalue weighted by atomic mass is 35.5. The fraction of sp³-hybridized carbons (Fsp3) is 0.500. The van der Waals surface area contributed by atoms with Crippen LogP contribution in [0.4, 0.5) is 5.69 Å². The summed E-state index contributed by atoms with van der Waals surface area (Å²) < 4.78 is 0. The van der Waals surface area contributed by atoms with E-state index in [1.165, 1.54) is 18.2 Å². The molecular formula is C16H22ClN3O. The monoisotopic (exact) mass is 307 g/mol. The number of carbonyl (C=O) groups is 1. The van der Waals surface area contributed by atoms with Crippen molar-refractivity contribution in [2.24, 2.45) is 5.10 Å². The zero-order valence-corrected chi connectivity index (χ0v) is 14.0. The molecule has 0 fully saturated rings. The Labute approximate surface area is 131 Å². The lowest BCUT2D eigenvalue weighted by atomic mass is 9.80. The summed E-state index contributed by atoms with van der Waals surface area (Å²) in [5.41, 5.74) is 5.77. The third-order valence-corrected chi connectivity index (χ3v) is 4.50. The molecule has 4 nitrogen and oxygen atoms in total. The zero-order chi connectivity index (χ0) is 15.8. The van der Waals surface area contributed by atoms with Crippen molar-refractivity contribution in [1.82, 2.24) is 5.43 Å². The van der Waals surface area contributed by atoms with E-state index in [0.29, 0.717) is 10.9 Å². The molecule has 0 radical (unpaired) electrons. The molecule has 1 aromatic rings. The SMILES string of the molecule is CC(=O)N/N=C\c1cc2c(cc1Cl)N(C)C(C)(C)C[C@H]2C. The normalized spacial score (nSPS) is 20.5. The fourth-order valence-electron chi connectivity index (χ4n) is 2.90. The predicted molar refractivity (Wildman–Crippen MR) is 88.4 cm³/mol. The number of halogens is 1. The van der Waals surface area contributed by atoms with E-state index in [-0.39, 0.29) is 11.4 Å². The largest absolute Gasteiger partial charge is 0.369 e. The van der Waals surface area contributed by atoms with Crippen LogP contribution in [0.5, 0.6) is 0 Å². The van der Waals surface area contributed by atoms with Crippen LogP contribution in [-0.4, -0.2) is 24.7 Å². The molecule has 0 spiro atoms. The summed E-state index contributed by atoms with van der Waals surface area (Å²) in [6.07, 6.45) is 2.68. The molecule has 0 bridgehead atoms. The first kappa shape index (κ1) is 15.8. The summed E-state index contributed by atoms with van der Waals surface area (Å²) >= 11 is 6.35. The molecule has 114 valence electrons. The maximum atomic E-state index is 10.9. The van der Waals surface area contributed by atoms with Gasteiger partial charge in [-0.15, -0.1) is 0 Å². The number of hydrazone groups is 1. The Morgan fingerprint density at radius 1 is 1.52 bits per heavy atom. The smallest absolute Gasteiger partial charge is 0.236 e.